The van der Waals surface area contributed by atoms with Crippen LogP contribution in [-0.4, -0.2) is 63.7 Å². The third-order valence-corrected chi connectivity index (χ3v) is 4.76. The van der Waals surface area contributed by atoms with Gasteiger partial charge in [-0.25, -0.2) is 4.79 Å². The summed E-state index contributed by atoms with van der Waals surface area (Å²) >= 11 is 0. The van der Waals surface area contributed by atoms with Crippen LogP contribution in [0.2, 0.25) is 0 Å². The van der Waals surface area contributed by atoms with Gasteiger partial charge in [-0.3, -0.25) is 9.48 Å². The Kier molecular flexibility index (Phi) is 4.27. The molecule has 0 aliphatic carbocycles. The summed E-state index contributed by atoms with van der Waals surface area (Å²) in [5.41, 5.74) is 1.33. The van der Waals surface area contributed by atoms with Crippen LogP contribution in [0.25, 0.3) is 0 Å². The van der Waals surface area contributed by atoms with Crippen molar-refractivity contribution in [2.45, 2.75) is 52.1 Å². The molecule has 2 aliphatic heterocycles. The minimum Gasteiger partial charge on any atom is -0.336 e. The van der Waals surface area contributed by atoms with Crippen LogP contribution in [0, 0.1) is 6.92 Å². The molecule has 1 aromatic heterocycles. The first-order valence-corrected chi connectivity index (χ1v) is 8.68. The summed E-state index contributed by atoms with van der Waals surface area (Å²) in [5, 5.41) is 7.36. The number of nitrogens with zero attached hydrogens (tertiary/aromatic N) is 4. The number of hydrogen-bond donors (Lipinski definition) is 1. The van der Waals surface area contributed by atoms with Crippen LogP contribution in [0.1, 0.15) is 49.8 Å². The smallest absolute Gasteiger partial charge is 0.317 e. The molecule has 0 unspecified atom stereocenters. The van der Waals surface area contributed by atoms with E-state index in [-0.39, 0.29) is 23.5 Å². The molecule has 2 saturated heterocycles. The number of rotatable bonds is 2. The molecule has 7 nitrogen and oxygen atoms in total. The highest BCUT2D eigenvalue weighted by Crippen LogP contribution is 2.21. The molecule has 0 radical (unpaired) electrons. The fourth-order valence-corrected chi connectivity index (χ4v) is 3.65. The summed E-state index contributed by atoms with van der Waals surface area (Å²) in [6.07, 6.45) is 1.87. The number of aryl methyl sites for hydroxylation is 1. The average Bonchev–Trinajstić information content (AvgIpc) is 3.12. The summed E-state index contributed by atoms with van der Waals surface area (Å²) in [6, 6.07) is 1.96. The lowest BCUT2D eigenvalue weighted by molar-refractivity contribution is 0.0627. The predicted octanol–water partition coefficient (Wildman–Crippen LogP) is 1.58. The zero-order valence-corrected chi connectivity index (χ0v) is 15.0. The highest BCUT2D eigenvalue weighted by Gasteiger charge is 2.34. The predicted molar refractivity (Wildman–Crippen MR) is 91.0 cm³/mol. The van der Waals surface area contributed by atoms with Crippen molar-refractivity contribution >= 4 is 11.9 Å². The van der Waals surface area contributed by atoms with Gasteiger partial charge in [0, 0.05) is 31.9 Å². The van der Waals surface area contributed by atoms with E-state index >= 15 is 0 Å². The van der Waals surface area contributed by atoms with Gasteiger partial charge in [0.05, 0.1) is 11.6 Å². The molecule has 2 fully saturated rings. The molecule has 0 bridgehead atoms. The Morgan fingerprint density at radius 2 is 2.08 bits per heavy atom. The Labute approximate surface area is 143 Å². The maximum atomic E-state index is 12.9. The number of nitrogens with one attached hydrogen (secondary N) is 1. The minimum absolute atomic E-state index is 0.0119. The fraction of sp³-hybridized carbons (Fsp3) is 0.706. The molecule has 1 atom stereocenters. The van der Waals surface area contributed by atoms with Crippen LogP contribution in [0.4, 0.5) is 4.79 Å². The zero-order chi connectivity index (χ0) is 17.5. The van der Waals surface area contributed by atoms with Crippen molar-refractivity contribution in [3.05, 3.63) is 17.5 Å². The van der Waals surface area contributed by atoms with E-state index in [0.29, 0.717) is 18.8 Å². The van der Waals surface area contributed by atoms with Gasteiger partial charge in [0.15, 0.2) is 5.69 Å². The number of carbonyl (C=O) groups is 2. The summed E-state index contributed by atoms with van der Waals surface area (Å²) in [4.78, 5) is 28.4. The maximum Gasteiger partial charge on any atom is 0.317 e. The van der Waals surface area contributed by atoms with Gasteiger partial charge >= 0.3 is 6.03 Å². The van der Waals surface area contributed by atoms with Crippen molar-refractivity contribution in [3.63, 3.8) is 0 Å². The number of piperidine rings is 1. The van der Waals surface area contributed by atoms with Gasteiger partial charge in [0.1, 0.15) is 0 Å². The van der Waals surface area contributed by atoms with Gasteiger partial charge < -0.3 is 15.1 Å². The second kappa shape index (κ2) is 6.11. The van der Waals surface area contributed by atoms with E-state index in [9.17, 15) is 9.59 Å². The Morgan fingerprint density at radius 3 is 2.67 bits per heavy atom. The standard InChI is InChI=1S/C17H27N5O2/c1-12-10-14(19-22(12)17(2,3)4)15(23)20-8-5-6-13(11-20)21-9-7-18-16(21)24/h10,13H,5-9,11H2,1-4H3,(H,18,24)/t13-/m0/s1. The van der Waals surface area contributed by atoms with Crippen molar-refractivity contribution in [3.8, 4) is 0 Å². The molecule has 0 saturated carbocycles. The first-order chi connectivity index (χ1) is 11.3. The lowest BCUT2D eigenvalue weighted by Crippen LogP contribution is -2.50. The molecule has 1 N–H and O–H groups in total. The van der Waals surface area contributed by atoms with Crippen LogP contribution < -0.4 is 5.32 Å². The Bertz CT molecular complexity index is 646. The summed E-state index contributed by atoms with van der Waals surface area (Å²) < 4.78 is 1.90. The number of carbonyl (C=O) groups excluding carboxylic acids is 2. The second-order valence-corrected chi connectivity index (χ2v) is 7.73. The van der Waals surface area contributed by atoms with Gasteiger partial charge in [-0.1, -0.05) is 0 Å². The van der Waals surface area contributed by atoms with Crippen molar-refractivity contribution in [2.75, 3.05) is 26.2 Å². The van der Waals surface area contributed by atoms with Crippen molar-refractivity contribution in [1.29, 1.82) is 0 Å². The third kappa shape index (κ3) is 3.12. The summed E-state index contributed by atoms with van der Waals surface area (Å²) in [5.74, 6) is -0.0367. The van der Waals surface area contributed by atoms with E-state index in [2.05, 4.69) is 31.2 Å². The van der Waals surface area contributed by atoms with Gasteiger partial charge in [0.2, 0.25) is 0 Å². The number of likely N-dealkylation sites (tertiary alicyclic amines) is 1. The average molecular weight is 333 g/mol. The Hall–Kier alpha value is -2.05. The van der Waals surface area contributed by atoms with Gasteiger partial charge in [-0.15, -0.1) is 0 Å². The second-order valence-electron chi connectivity index (χ2n) is 7.73. The van der Waals surface area contributed by atoms with E-state index in [1.165, 1.54) is 0 Å². The zero-order valence-electron chi connectivity index (χ0n) is 15.0. The van der Waals surface area contributed by atoms with Gasteiger partial charge in [-0.2, -0.15) is 5.10 Å². The third-order valence-electron chi connectivity index (χ3n) is 4.76. The molecular weight excluding hydrogens is 306 g/mol. The molecule has 1 aromatic rings. The minimum atomic E-state index is -0.152. The van der Waals surface area contributed by atoms with E-state index in [4.69, 9.17) is 0 Å². The summed E-state index contributed by atoms with van der Waals surface area (Å²) in [7, 11) is 0. The van der Waals surface area contributed by atoms with Crippen molar-refractivity contribution in [1.82, 2.24) is 24.9 Å². The molecule has 24 heavy (non-hydrogen) atoms. The topological polar surface area (TPSA) is 70.5 Å². The number of urea groups is 1. The first kappa shape index (κ1) is 16.8. The summed E-state index contributed by atoms with van der Waals surface area (Å²) in [6.45, 7) is 10.9. The fourth-order valence-electron chi connectivity index (χ4n) is 3.65. The number of aromatic nitrogens is 2. The molecule has 7 heteroatoms. The highest BCUT2D eigenvalue weighted by molar-refractivity contribution is 5.92. The van der Waals surface area contributed by atoms with Crippen LogP contribution >= 0.6 is 0 Å². The normalized spacial score (nSPS) is 22.0. The van der Waals surface area contributed by atoms with E-state index in [1.807, 2.05) is 27.5 Å². The molecule has 3 heterocycles. The molecule has 2 aliphatic rings. The van der Waals surface area contributed by atoms with Crippen LogP contribution in [0.3, 0.4) is 0 Å². The van der Waals surface area contributed by atoms with Crippen molar-refractivity contribution < 1.29 is 9.59 Å². The largest absolute Gasteiger partial charge is 0.336 e. The first-order valence-electron chi connectivity index (χ1n) is 8.68. The number of amides is 3. The van der Waals surface area contributed by atoms with E-state index in [0.717, 1.165) is 31.6 Å². The molecule has 132 valence electrons. The maximum absolute atomic E-state index is 12.9. The highest BCUT2D eigenvalue weighted by atomic mass is 16.2. The quantitative estimate of drug-likeness (QED) is 0.893. The van der Waals surface area contributed by atoms with Crippen LogP contribution in [-0.2, 0) is 5.54 Å². The molecule has 0 spiro atoms. The van der Waals surface area contributed by atoms with E-state index in [1.54, 1.807) is 0 Å². The Morgan fingerprint density at radius 1 is 1.33 bits per heavy atom. The van der Waals surface area contributed by atoms with Crippen molar-refractivity contribution in [2.24, 2.45) is 0 Å². The lowest BCUT2D eigenvalue weighted by atomic mass is 10.0. The van der Waals surface area contributed by atoms with Gasteiger partial charge in [-0.05, 0) is 46.6 Å². The monoisotopic (exact) mass is 333 g/mol. The lowest BCUT2D eigenvalue weighted by Gasteiger charge is -2.36. The van der Waals surface area contributed by atoms with E-state index < -0.39 is 0 Å². The SMILES string of the molecule is Cc1cc(C(=O)N2CCC[C@H](N3CCNC3=O)C2)nn1C(C)(C)C. The molecular formula is C17H27N5O2. The molecule has 0 aromatic carbocycles. The molecule has 3 amide bonds. The van der Waals surface area contributed by atoms with Crippen LogP contribution in [0.5, 0.6) is 0 Å². The van der Waals surface area contributed by atoms with Crippen LogP contribution in [0.15, 0.2) is 6.07 Å². The van der Waals surface area contributed by atoms with Gasteiger partial charge in [0.25, 0.3) is 5.91 Å². The Balaban J connectivity index is 1.74. The number of hydrogen-bond acceptors (Lipinski definition) is 3. The molecule has 3 rings (SSSR count).